The molecule has 1 unspecified atom stereocenters. The van der Waals surface area contributed by atoms with Gasteiger partial charge in [-0.25, -0.2) is 12.8 Å². The van der Waals surface area contributed by atoms with Crippen molar-refractivity contribution in [3.05, 3.63) is 131 Å². The Bertz CT molecular complexity index is 1700. The minimum absolute atomic E-state index is 0.0339. The van der Waals surface area contributed by atoms with E-state index in [9.17, 15) is 18.0 Å². The molecule has 4 aromatic carbocycles. The van der Waals surface area contributed by atoms with E-state index >= 15 is 4.39 Å². The van der Waals surface area contributed by atoms with Crippen molar-refractivity contribution in [3.8, 4) is 0 Å². The number of hydrogen-bond donors (Lipinski definition) is 1. The van der Waals surface area contributed by atoms with Gasteiger partial charge < -0.3 is 10.2 Å². The predicted molar refractivity (Wildman–Crippen MR) is 176 cm³/mol. The standard InChI is InChI=1S/C35H37ClFN3O4S/c1-3-4-21-38-35(42)33(23-27-11-6-5-7-12-27)39(24-28-13-10-14-29(36)22-28)34(41)25-40(32-16-9-8-15-31(32)37)45(43,44)30-19-17-26(2)18-20-30/h5-20,22,33H,3-4,21,23-25H2,1-2H3,(H,38,42). The van der Waals surface area contributed by atoms with Crippen LogP contribution >= 0.6 is 11.6 Å². The fourth-order valence-electron chi connectivity index (χ4n) is 4.90. The molecular weight excluding hydrogens is 613 g/mol. The lowest BCUT2D eigenvalue weighted by molar-refractivity contribution is -0.140. The lowest BCUT2D eigenvalue weighted by atomic mass is 10.0. The quantitative estimate of drug-likeness (QED) is 0.157. The van der Waals surface area contributed by atoms with E-state index in [1.165, 1.54) is 35.2 Å². The average molecular weight is 650 g/mol. The number of nitrogens with zero attached hydrogens (tertiary/aromatic N) is 2. The molecule has 1 N–H and O–H groups in total. The van der Waals surface area contributed by atoms with E-state index < -0.39 is 34.3 Å². The molecule has 0 aliphatic carbocycles. The van der Waals surface area contributed by atoms with Crippen molar-refractivity contribution < 1.29 is 22.4 Å². The van der Waals surface area contributed by atoms with Crippen molar-refractivity contribution in [2.24, 2.45) is 0 Å². The molecule has 236 valence electrons. The summed E-state index contributed by atoms with van der Waals surface area (Å²) in [7, 11) is -4.40. The number of sulfonamides is 1. The molecule has 7 nitrogen and oxygen atoms in total. The smallest absolute Gasteiger partial charge is 0.264 e. The van der Waals surface area contributed by atoms with Crippen LogP contribution in [0.25, 0.3) is 0 Å². The zero-order valence-electron chi connectivity index (χ0n) is 25.3. The van der Waals surface area contributed by atoms with Gasteiger partial charge in [0.15, 0.2) is 0 Å². The summed E-state index contributed by atoms with van der Waals surface area (Å²) in [5.41, 5.74) is 2.03. The van der Waals surface area contributed by atoms with Gasteiger partial charge >= 0.3 is 0 Å². The number of unbranched alkanes of at least 4 members (excludes halogenated alkanes) is 1. The largest absolute Gasteiger partial charge is 0.354 e. The number of amides is 2. The van der Waals surface area contributed by atoms with Crippen LogP contribution in [-0.4, -0.2) is 44.3 Å². The van der Waals surface area contributed by atoms with Crippen molar-refractivity contribution in [3.63, 3.8) is 0 Å². The average Bonchev–Trinajstić information content (AvgIpc) is 3.02. The number of hydrogen-bond acceptors (Lipinski definition) is 4. The van der Waals surface area contributed by atoms with Gasteiger partial charge in [-0.15, -0.1) is 0 Å². The van der Waals surface area contributed by atoms with Gasteiger partial charge in [0.05, 0.1) is 10.6 Å². The van der Waals surface area contributed by atoms with E-state index in [0.29, 0.717) is 17.1 Å². The normalized spacial score (nSPS) is 11.9. The summed E-state index contributed by atoms with van der Waals surface area (Å²) in [6, 6.07) is 26.7. The fraction of sp³-hybridized carbons (Fsp3) is 0.257. The Morgan fingerprint density at radius 3 is 2.22 bits per heavy atom. The minimum atomic E-state index is -4.40. The Morgan fingerprint density at radius 2 is 1.56 bits per heavy atom. The zero-order valence-corrected chi connectivity index (χ0v) is 26.9. The van der Waals surface area contributed by atoms with E-state index in [0.717, 1.165) is 34.3 Å². The van der Waals surface area contributed by atoms with Gasteiger partial charge in [0, 0.05) is 24.5 Å². The van der Waals surface area contributed by atoms with Crippen LogP contribution < -0.4 is 9.62 Å². The molecule has 0 saturated heterocycles. The van der Waals surface area contributed by atoms with Gasteiger partial charge in [-0.1, -0.05) is 97.2 Å². The number of nitrogens with one attached hydrogen (secondary N) is 1. The molecule has 0 saturated carbocycles. The van der Waals surface area contributed by atoms with E-state index in [4.69, 9.17) is 11.6 Å². The number of benzene rings is 4. The topological polar surface area (TPSA) is 86.8 Å². The molecule has 2 amide bonds. The first kappa shape index (κ1) is 33.7. The Morgan fingerprint density at radius 1 is 0.889 bits per heavy atom. The number of rotatable bonds is 14. The third kappa shape index (κ3) is 8.93. The monoisotopic (exact) mass is 649 g/mol. The highest BCUT2D eigenvalue weighted by Crippen LogP contribution is 2.27. The number of halogens is 2. The highest BCUT2D eigenvalue weighted by Gasteiger charge is 2.35. The number of anilines is 1. The van der Waals surface area contributed by atoms with Crippen molar-refractivity contribution in [1.29, 1.82) is 0 Å². The number of para-hydroxylation sites is 1. The van der Waals surface area contributed by atoms with Gasteiger partial charge in [0.2, 0.25) is 11.8 Å². The molecular formula is C35H37ClFN3O4S. The highest BCUT2D eigenvalue weighted by atomic mass is 35.5. The molecule has 10 heteroatoms. The summed E-state index contributed by atoms with van der Waals surface area (Å²) in [6.07, 6.45) is 1.79. The van der Waals surface area contributed by atoms with Crippen LogP contribution in [-0.2, 0) is 32.6 Å². The third-order valence-corrected chi connectivity index (χ3v) is 9.36. The Hall–Kier alpha value is -4.21. The second-order valence-corrected chi connectivity index (χ2v) is 13.1. The SMILES string of the molecule is CCCCNC(=O)C(Cc1ccccc1)N(Cc1cccc(Cl)c1)C(=O)CN(c1ccccc1F)S(=O)(=O)c1ccc(C)cc1. The molecule has 0 radical (unpaired) electrons. The van der Waals surface area contributed by atoms with Crippen molar-refractivity contribution in [2.45, 2.75) is 50.6 Å². The molecule has 45 heavy (non-hydrogen) atoms. The molecule has 0 aromatic heterocycles. The van der Waals surface area contributed by atoms with Gasteiger partial charge in [0.25, 0.3) is 10.0 Å². The van der Waals surface area contributed by atoms with Gasteiger partial charge in [0.1, 0.15) is 18.4 Å². The molecule has 4 rings (SSSR count). The summed E-state index contributed by atoms with van der Waals surface area (Å²) >= 11 is 6.27. The number of aryl methyl sites for hydroxylation is 1. The first-order valence-electron chi connectivity index (χ1n) is 14.8. The Labute approximate surface area is 269 Å². The molecule has 1 atom stereocenters. The fourth-order valence-corrected chi connectivity index (χ4v) is 6.53. The van der Waals surface area contributed by atoms with Crippen LogP contribution in [0.5, 0.6) is 0 Å². The van der Waals surface area contributed by atoms with Gasteiger partial charge in [-0.05, 0) is 60.9 Å². The van der Waals surface area contributed by atoms with Gasteiger partial charge in [-0.2, -0.15) is 0 Å². The minimum Gasteiger partial charge on any atom is -0.354 e. The predicted octanol–water partition coefficient (Wildman–Crippen LogP) is 6.54. The number of carbonyl (C=O) groups is 2. The number of carbonyl (C=O) groups excluding carboxylic acids is 2. The lowest BCUT2D eigenvalue weighted by Crippen LogP contribution is -2.53. The summed E-state index contributed by atoms with van der Waals surface area (Å²) in [6.45, 7) is 3.47. The summed E-state index contributed by atoms with van der Waals surface area (Å²) in [5.74, 6) is -1.86. The first-order chi connectivity index (χ1) is 21.6. The van der Waals surface area contributed by atoms with E-state index in [1.54, 1.807) is 36.4 Å². The molecule has 0 fully saturated rings. The molecule has 4 aromatic rings. The zero-order chi connectivity index (χ0) is 32.4. The molecule has 0 bridgehead atoms. The lowest BCUT2D eigenvalue weighted by Gasteiger charge is -2.34. The maximum Gasteiger partial charge on any atom is 0.264 e. The second-order valence-electron chi connectivity index (χ2n) is 10.8. The summed E-state index contributed by atoms with van der Waals surface area (Å²) in [4.78, 5) is 29.4. The van der Waals surface area contributed by atoms with Crippen LogP contribution in [0.1, 0.15) is 36.5 Å². The van der Waals surface area contributed by atoms with Crippen molar-refractivity contribution >= 4 is 39.1 Å². The van der Waals surface area contributed by atoms with Crippen LogP contribution in [0.4, 0.5) is 10.1 Å². The van der Waals surface area contributed by atoms with Crippen molar-refractivity contribution in [2.75, 3.05) is 17.4 Å². The van der Waals surface area contributed by atoms with E-state index in [2.05, 4.69) is 5.32 Å². The van der Waals surface area contributed by atoms with E-state index in [1.807, 2.05) is 44.2 Å². The summed E-state index contributed by atoms with van der Waals surface area (Å²) in [5, 5.41) is 3.39. The molecule has 0 aliphatic heterocycles. The second kappa shape index (κ2) is 15.7. The van der Waals surface area contributed by atoms with Gasteiger partial charge in [-0.3, -0.25) is 13.9 Å². The Kier molecular flexibility index (Phi) is 11.7. The van der Waals surface area contributed by atoms with Crippen LogP contribution in [0.3, 0.4) is 0 Å². The Balaban J connectivity index is 1.80. The van der Waals surface area contributed by atoms with Crippen LogP contribution in [0.2, 0.25) is 5.02 Å². The van der Waals surface area contributed by atoms with E-state index in [-0.39, 0.29) is 29.5 Å². The molecule has 0 heterocycles. The summed E-state index contributed by atoms with van der Waals surface area (Å²) < 4.78 is 44.0. The van der Waals surface area contributed by atoms with Crippen LogP contribution in [0.15, 0.2) is 108 Å². The third-order valence-electron chi connectivity index (χ3n) is 7.35. The van der Waals surface area contributed by atoms with Crippen molar-refractivity contribution in [1.82, 2.24) is 10.2 Å². The molecule has 0 spiro atoms. The highest BCUT2D eigenvalue weighted by molar-refractivity contribution is 7.92. The molecule has 0 aliphatic rings. The maximum atomic E-state index is 15.2. The maximum absolute atomic E-state index is 15.2. The van der Waals surface area contributed by atoms with Crippen LogP contribution in [0, 0.1) is 12.7 Å². The first-order valence-corrected chi connectivity index (χ1v) is 16.6.